The van der Waals surface area contributed by atoms with Crippen molar-refractivity contribution in [2.24, 2.45) is 0 Å². The summed E-state index contributed by atoms with van der Waals surface area (Å²) in [5, 5.41) is 7.23. The summed E-state index contributed by atoms with van der Waals surface area (Å²) < 4.78 is 7.29. The van der Waals surface area contributed by atoms with E-state index in [0.29, 0.717) is 0 Å². The average Bonchev–Trinajstić information content (AvgIpc) is 2.59. The van der Waals surface area contributed by atoms with Gasteiger partial charge in [0.2, 0.25) is 0 Å². The molecule has 0 saturated carbocycles. The molecule has 0 unspecified atom stereocenters. The van der Waals surface area contributed by atoms with Crippen LogP contribution in [0.25, 0.3) is 0 Å². The Morgan fingerprint density at radius 2 is 2.36 bits per heavy atom. The van der Waals surface area contributed by atoms with E-state index in [-0.39, 0.29) is 12.4 Å². The molecule has 0 saturated heterocycles. The van der Waals surface area contributed by atoms with Gasteiger partial charge in [-0.15, -0.1) is 12.4 Å². The van der Waals surface area contributed by atoms with Crippen LogP contribution in [0.5, 0.6) is 5.75 Å². The average molecular weight is 220 g/mol. The van der Waals surface area contributed by atoms with Gasteiger partial charge < -0.3 is 10.1 Å². The molecule has 0 aliphatic carbocycles. The lowest BCUT2D eigenvalue weighted by molar-refractivity contribution is 0.317. The van der Waals surface area contributed by atoms with Gasteiger partial charge >= 0.3 is 0 Å². The van der Waals surface area contributed by atoms with Gasteiger partial charge in [-0.1, -0.05) is 6.92 Å². The maximum Gasteiger partial charge on any atom is 0.157 e. The van der Waals surface area contributed by atoms with Gasteiger partial charge in [0, 0.05) is 6.54 Å². The first-order valence-electron chi connectivity index (χ1n) is 4.66. The topological polar surface area (TPSA) is 39.1 Å². The highest BCUT2D eigenvalue weighted by atomic mass is 35.5. The van der Waals surface area contributed by atoms with Crippen LogP contribution >= 0.6 is 12.4 Å². The lowest BCUT2D eigenvalue weighted by Crippen LogP contribution is -2.14. The van der Waals surface area contributed by atoms with Crippen LogP contribution in [0.15, 0.2) is 12.4 Å². The molecule has 0 amide bonds. The third-order valence-electron chi connectivity index (χ3n) is 1.67. The molecule has 0 aromatic carbocycles. The molecule has 1 heterocycles. The van der Waals surface area contributed by atoms with Crippen LogP contribution in [0.1, 0.15) is 13.3 Å². The molecular formula is C9H18ClN3O. The fraction of sp³-hybridized carbons (Fsp3) is 0.667. The first kappa shape index (κ1) is 13.3. The number of hydrogen-bond acceptors (Lipinski definition) is 3. The van der Waals surface area contributed by atoms with Gasteiger partial charge in [0.05, 0.1) is 25.5 Å². The maximum absolute atomic E-state index is 5.41. The zero-order chi connectivity index (χ0) is 9.52. The van der Waals surface area contributed by atoms with Gasteiger partial charge in [0.1, 0.15) is 0 Å². The lowest BCUT2D eigenvalue weighted by Gasteiger charge is -2.00. The molecule has 1 aromatic heterocycles. The molecule has 0 bridgehead atoms. The van der Waals surface area contributed by atoms with E-state index in [0.717, 1.165) is 31.9 Å². The monoisotopic (exact) mass is 219 g/mol. The normalized spacial score (nSPS) is 9.57. The Kier molecular flexibility index (Phi) is 7.24. The van der Waals surface area contributed by atoms with E-state index in [1.807, 2.05) is 17.9 Å². The number of halogens is 1. The second-order valence-electron chi connectivity index (χ2n) is 2.89. The first-order chi connectivity index (χ1) is 6.36. The molecule has 0 aliphatic heterocycles. The molecule has 0 fully saturated rings. The fourth-order valence-electron chi connectivity index (χ4n) is 0.988. The van der Waals surface area contributed by atoms with Gasteiger partial charge in [0.25, 0.3) is 0 Å². The Bertz CT molecular complexity index is 217. The van der Waals surface area contributed by atoms with Gasteiger partial charge in [0.15, 0.2) is 5.75 Å². The van der Waals surface area contributed by atoms with Gasteiger partial charge in [-0.2, -0.15) is 5.10 Å². The lowest BCUT2D eigenvalue weighted by atomic mass is 10.5. The van der Waals surface area contributed by atoms with E-state index >= 15 is 0 Å². The number of hydrogen-bond donors (Lipinski definition) is 1. The number of nitrogens with zero attached hydrogens (tertiary/aromatic N) is 2. The number of aromatic nitrogens is 2. The molecule has 0 spiro atoms. The molecule has 1 aromatic rings. The highest BCUT2D eigenvalue weighted by molar-refractivity contribution is 5.85. The Labute approximate surface area is 91.0 Å². The zero-order valence-corrected chi connectivity index (χ0v) is 9.51. The van der Waals surface area contributed by atoms with E-state index in [2.05, 4.69) is 17.3 Å². The third-order valence-corrected chi connectivity index (χ3v) is 1.67. The summed E-state index contributed by atoms with van der Waals surface area (Å²) in [6.07, 6.45) is 4.71. The minimum Gasteiger partial charge on any atom is -0.490 e. The summed E-state index contributed by atoms with van der Waals surface area (Å²) in [4.78, 5) is 0. The van der Waals surface area contributed by atoms with Crippen molar-refractivity contribution in [3.05, 3.63) is 12.4 Å². The summed E-state index contributed by atoms with van der Waals surface area (Å²) in [5.74, 6) is 0.859. The van der Waals surface area contributed by atoms with Crippen molar-refractivity contribution in [2.45, 2.75) is 19.9 Å². The van der Waals surface area contributed by atoms with Crippen molar-refractivity contribution in [1.82, 2.24) is 15.1 Å². The van der Waals surface area contributed by atoms with E-state index in [9.17, 15) is 0 Å². The largest absolute Gasteiger partial charge is 0.490 e. The summed E-state index contributed by atoms with van der Waals surface area (Å²) in [6.45, 7) is 4.66. The minimum atomic E-state index is 0. The van der Waals surface area contributed by atoms with Crippen LogP contribution in [0.2, 0.25) is 0 Å². The standard InChI is InChI=1S/C9H17N3O.ClH/c1-3-6-13-9-7-11-12(8-9)5-4-10-2;/h7-8,10H,3-6H2,1-2H3;1H. The van der Waals surface area contributed by atoms with Crippen LogP contribution in [-0.2, 0) is 6.54 Å². The molecule has 1 rings (SSSR count). The third kappa shape index (κ3) is 4.48. The Morgan fingerprint density at radius 1 is 1.57 bits per heavy atom. The highest BCUT2D eigenvalue weighted by Crippen LogP contribution is 2.07. The molecule has 14 heavy (non-hydrogen) atoms. The van der Waals surface area contributed by atoms with Crippen LogP contribution in [0.4, 0.5) is 0 Å². The number of rotatable bonds is 6. The molecule has 0 radical (unpaired) electrons. The quantitative estimate of drug-likeness (QED) is 0.784. The summed E-state index contributed by atoms with van der Waals surface area (Å²) in [7, 11) is 1.93. The van der Waals surface area contributed by atoms with Crippen LogP contribution < -0.4 is 10.1 Å². The number of ether oxygens (including phenoxy) is 1. The molecule has 0 atom stereocenters. The van der Waals surface area contributed by atoms with Crippen molar-refractivity contribution in [2.75, 3.05) is 20.2 Å². The predicted molar refractivity (Wildman–Crippen MR) is 59.2 cm³/mol. The van der Waals surface area contributed by atoms with Crippen molar-refractivity contribution in [1.29, 1.82) is 0 Å². The number of likely N-dealkylation sites (N-methyl/N-ethyl adjacent to an activating group) is 1. The van der Waals surface area contributed by atoms with Crippen molar-refractivity contribution in [3.63, 3.8) is 0 Å². The van der Waals surface area contributed by atoms with Crippen molar-refractivity contribution >= 4 is 12.4 Å². The number of nitrogens with one attached hydrogen (secondary N) is 1. The summed E-state index contributed by atoms with van der Waals surface area (Å²) >= 11 is 0. The van der Waals surface area contributed by atoms with Crippen molar-refractivity contribution in [3.8, 4) is 5.75 Å². The van der Waals surface area contributed by atoms with Crippen LogP contribution in [0.3, 0.4) is 0 Å². The summed E-state index contributed by atoms with van der Waals surface area (Å²) in [6, 6.07) is 0. The van der Waals surface area contributed by atoms with Crippen molar-refractivity contribution < 1.29 is 4.74 Å². The van der Waals surface area contributed by atoms with Crippen LogP contribution in [0, 0.1) is 0 Å². The molecule has 82 valence electrons. The summed E-state index contributed by atoms with van der Waals surface area (Å²) in [5.41, 5.74) is 0. The van der Waals surface area contributed by atoms with Gasteiger partial charge in [-0.05, 0) is 13.5 Å². The fourth-order valence-corrected chi connectivity index (χ4v) is 0.988. The van der Waals surface area contributed by atoms with Crippen LogP contribution in [-0.4, -0.2) is 30.0 Å². The molecule has 1 N–H and O–H groups in total. The minimum absolute atomic E-state index is 0. The van der Waals surface area contributed by atoms with E-state index < -0.39 is 0 Å². The van der Waals surface area contributed by atoms with E-state index in [1.165, 1.54) is 0 Å². The zero-order valence-electron chi connectivity index (χ0n) is 8.69. The predicted octanol–water partition coefficient (Wildman–Crippen LogP) is 1.31. The first-order valence-corrected chi connectivity index (χ1v) is 4.66. The second kappa shape index (κ2) is 7.64. The molecule has 5 heteroatoms. The van der Waals surface area contributed by atoms with E-state index in [4.69, 9.17) is 4.74 Å². The highest BCUT2D eigenvalue weighted by Gasteiger charge is 1.97. The molecule has 0 aliphatic rings. The molecule has 4 nitrogen and oxygen atoms in total. The molecular weight excluding hydrogens is 202 g/mol. The SMILES string of the molecule is CCCOc1cnn(CCNC)c1.Cl. The van der Waals surface area contributed by atoms with Gasteiger partial charge in [-0.25, -0.2) is 0 Å². The Morgan fingerprint density at radius 3 is 3.00 bits per heavy atom. The maximum atomic E-state index is 5.41. The Balaban J connectivity index is 0.00000169. The van der Waals surface area contributed by atoms with Gasteiger partial charge in [-0.3, -0.25) is 4.68 Å². The Hall–Kier alpha value is -0.740. The second-order valence-corrected chi connectivity index (χ2v) is 2.89. The van der Waals surface area contributed by atoms with E-state index in [1.54, 1.807) is 6.20 Å². The smallest absolute Gasteiger partial charge is 0.157 e.